The van der Waals surface area contributed by atoms with Crippen molar-refractivity contribution in [1.29, 1.82) is 0 Å². The number of piperidine rings is 1. The fraction of sp³-hybridized carbons (Fsp3) is 0.529. The van der Waals surface area contributed by atoms with Gasteiger partial charge in [0.05, 0.1) is 10.0 Å². The molecule has 0 unspecified atom stereocenters. The van der Waals surface area contributed by atoms with E-state index in [2.05, 4.69) is 19.7 Å². The van der Waals surface area contributed by atoms with E-state index in [4.69, 9.17) is 23.2 Å². The Hall–Kier alpha value is -0.910. The highest BCUT2D eigenvalue weighted by molar-refractivity contribution is 7.98. The minimum Gasteiger partial charge on any atom is -0.341 e. The van der Waals surface area contributed by atoms with E-state index in [1.54, 1.807) is 11.8 Å². The molecule has 0 amide bonds. The zero-order chi connectivity index (χ0) is 16.5. The Balaban J connectivity index is 1.52. The molecule has 0 atom stereocenters. The van der Waals surface area contributed by atoms with Crippen LogP contribution >= 0.6 is 35.0 Å². The summed E-state index contributed by atoms with van der Waals surface area (Å²) in [7, 11) is 0. The van der Waals surface area contributed by atoms with Crippen LogP contribution in [0, 0.1) is 0 Å². The number of anilines is 1. The van der Waals surface area contributed by atoms with Gasteiger partial charge in [0.1, 0.15) is 0 Å². The maximum atomic E-state index is 6.11. The third-order valence-corrected chi connectivity index (χ3v) is 6.30. The zero-order valence-corrected chi connectivity index (χ0v) is 15.7. The van der Waals surface area contributed by atoms with E-state index in [1.807, 2.05) is 18.2 Å². The topological polar surface area (TPSA) is 34.0 Å². The number of thioether (sulfide) groups is 1. The van der Waals surface area contributed by atoms with Crippen LogP contribution < -0.4 is 4.90 Å². The van der Waals surface area contributed by atoms with Crippen molar-refractivity contribution in [3.05, 3.63) is 33.8 Å². The van der Waals surface area contributed by atoms with Crippen LogP contribution in [-0.4, -0.2) is 27.9 Å². The van der Waals surface area contributed by atoms with Crippen molar-refractivity contribution in [2.45, 2.75) is 49.1 Å². The van der Waals surface area contributed by atoms with Crippen LogP contribution in [0.4, 0.5) is 5.95 Å². The number of nitrogens with zero attached hydrogens (tertiary/aromatic N) is 4. The lowest BCUT2D eigenvalue weighted by Crippen LogP contribution is -2.31. The number of benzene rings is 1. The lowest BCUT2D eigenvalue weighted by atomic mass is 10.1. The summed E-state index contributed by atoms with van der Waals surface area (Å²) in [5.74, 6) is 1.88. The molecule has 2 aromatic rings. The van der Waals surface area contributed by atoms with Crippen molar-refractivity contribution in [1.82, 2.24) is 14.8 Å². The van der Waals surface area contributed by atoms with Crippen molar-refractivity contribution < 1.29 is 0 Å². The van der Waals surface area contributed by atoms with E-state index in [0.717, 1.165) is 35.5 Å². The smallest absolute Gasteiger partial charge is 0.228 e. The molecule has 1 aliphatic carbocycles. The molecular weight excluding hydrogens is 363 g/mol. The summed E-state index contributed by atoms with van der Waals surface area (Å²) in [6.07, 6.45) is 6.30. The fourth-order valence-corrected chi connectivity index (χ4v) is 4.37. The van der Waals surface area contributed by atoms with E-state index < -0.39 is 0 Å². The lowest BCUT2D eigenvalue weighted by Gasteiger charge is -2.27. The van der Waals surface area contributed by atoms with E-state index in [-0.39, 0.29) is 0 Å². The van der Waals surface area contributed by atoms with Crippen LogP contribution in [0.5, 0.6) is 0 Å². The Kier molecular flexibility index (Phi) is 4.93. The molecule has 0 bridgehead atoms. The summed E-state index contributed by atoms with van der Waals surface area (Å²) in [6, 6.07) is 6.38. The Bertz CT molecular complexity index is 723. The second-order valence-corrected chi connectivity index (χ2v) is 8.23. The van der Waals surface area contributed by atoms with E-state index in [0.29, 0.717) is 16.1 Å². The van der Waals surface area contributed by atoms with Gasteiger partial charge in [-0.2, -0.15) is 0 Å². The number of halogens is 2. The van der Waals surface area contributed by atoms with Crippen LogP contribution in [0.2, 0.25) is 10.0 Å². The van der Waals surface area contributed by atoms with Crippen LogP contribution in [0.15, 0.2) is 23.4 Å². The SMILES string of the molecule is Clc1ccc(CSc2nnc(N3CCCCC3)n2C2CC2)cc1Cl. The highest BCUT2D eigenvalue weighted by Gasteiger charge is 2.31. The molecule has 24 heavy (non-hydrogen) atoms. The molecule has 128 valence electrons. The molecule has 4 nitrogen and oxygen atoms in total. The Labute approximate surface area is 156 Å². The number of aromatic nitrogens is 3. The number of hydrogen-bond donors (Lipinski definition) is 0. The molecule has 0 N–H and O–H groups in total. The van der Waals surface area contributed by atoms with Crippen molar-refractivity contribution in [3.63, 3.8) is 0 Å². The van der Waals surface area contributed by atoms with Crippen LogP contribution in [0.1, 0.15) is 43.7 Å². The third-order valence-electron chi connectivity index (χ3n) is 4.55. The summed E-state index contributed by atoms with van der Waals surface area (Å²) >= 11 is 13.8. The monoisotopic (exact) mass is 382 g/mol. The van der Waals surface area contributed by atoms with Gasteiger partial charge in [0.2, 0.25) is 5.95 Å². The first-order chi connectivity index (χ1) is 11.7. The minimum absolute atomic E-state index is 0.577. The normalized spacial score (nSPS) is 18.2. The molecule has 1 aromatic heterocycles. The van der Waals surface area contributed by atoms with Crippen LogP contribution in [0.3, 0.4) is 0 Å². The van der Waals surface area contributed by atoms with Gasteiger partial charge in [0.15, 0.2) is 5.16 Å². The molecule has 1 saturated heterocycles. The second-order valence-electron chi connectivity index (χ2n) is 6.47. The fourth-order valence-electron chi connectivity index (χ4n) is 3.11. The van der Waals surface area contributed by atoms with Gasteiger partial charge >= 0.3 is 0 Å². The van der Waals surface area contributed by atoms with Gasteiger partial charge < -0.3 is 4.90 Å². The minimum atomic E-state index is 0.577. The molecule has 1 aliphatic heterocycles. The van der Waals surface area contributed by atoms with Gasteiger partial charge in [-0.15, -0.1) is 10.2 Å². The zero-order valence-electron chi connectivity index (χ0n) is 13.4. The largest absolute Gasteiger partial charge is 0.341 e. The summed E-state index contributed by atoms with van der Waals surface area (Å²) in [5, 5.41) is 11.2. The van der Waals surface area contributed by atoms with Crippen LogP contribution in [-0.2, 0) is 5.75 Å². The van der Waals surface area contributed by atoms with Gasteiger partial charge in [0, 0.05) is 24.9 Å². The van der Waals surface area contributed by atoms with Gasteiger partial charge in [-0.3, -0.25) is 4.57 Å². The molecule has 4 rings (SSSR count). The Morgan fingerprint density at radius 2 is 1.83 bits per heavy atom. The molecule has 7 heteroatoms. The summed E-state index contributed by atoms with van der Waals surface area (Å²) in [6.45, 7) is 2.20. The standard InChI is InChI=1S/C17H20Cl2N4S/c18-14-7-4-12(10-15(14)19)11-24-17-21-20-16(23(17)13-5-6-13)22-8-2-1-3-9-22/h4,7,10,13H,1-3,5-6,8-9,11H2. The quantitative estimate of drug-likeness (QED) is 0.665. The Morgan fingerprint density at radius 3 is 2.54 bits per heavy atom. The van der Waals surface area contributed by atoms with Gasteiger partial charge in [-0.1, -0.05) is 41.0 Å². The average Bonchev–Trinajstić information content (AvgIpc) is 3.36. The molecule has 2 fully saturated rings. The predicted molar refractivity (Wildman–Crippen MR) is 100 cm³/mol. The maximum Gasteiger partial charge on any atom is 0.228 e. The van der Waals surface area contributed by atoms with Gasteiger partial charge in [-0.05, 0) is 49.8 Å². The second kappa shape index (κ2) is 7.14. The lowest BCUT2D eigenvalue weighted by molar-refractivity contribution is 0.548. The molecule has 0 radical (unpaired) electrons. The van der Waals surface area contributed by atoms with E-state index >= 15 is 0 Å². The Morgan fingerprint density at radius 1 is 1.04 bits per heavy atom. The van der Waals surface area contributed by atoms with Crippen LogP contribution in [0.25, 0.3) is 0 Å². The molecule has 2 aliphatic rings. The molecular formula is C17H20Cl2N4S. The van der Waals surface area contributed by atoms with Crippen molar-refractivity contribution in [2.24, 2.45) is 0 Å². The number of hydrogen-bond acceptors (Lipinski definition) is 4. The summed E-state index contributed by atoms with van der Waals surface area (Å²) in [4.78, 5) is 2.40. The number of rotatable bonds is 5. The summed E-state index contributed by atoms with van der Waals surface area (Å²) < 4.78 is 2.35. The molecule has 0 spiro atoms. The summed E-state index contributed by atoms with van der Waals surface area (Å²) in [5.41, 5.74) is 1.15. The van der Waals surface area contributed by atoms with Crippen molar-refractivity contribution >= 4 is 40.9 Å². The predicted octanol–water partition coefficient (Wildman–Crippen LogP) is 5.20. The van der Waals surface area contributed by atoms with Gasteiger partial charge in [-0.25, -0.2) is 0 Å². The third kappa shape index (κ3) is 3.53. The van der Waals surface area contributed by atoms with E-state index in [1.165, 1.54) is 32.1 Å². The molecule has 1 saturated carbocycles. The molecule has 1 aromatic carbocycles. The first-order valence-corrected chi connectivity index (χ1v) is 10.2. The average molecular weight is 383 g/mol. The van der Waals surface area contributed by atoms with E-state index in [9.17, 15) is 0 Å². The van der Waals surface area contributed by atoms with Crippen molar-refractivity contribution in [3.8, 4) is 0 Å². The molecule has 2 heterocycles. The van der Waals surface area contributed by atoms with Gasteiger partial charge in [0.25, 0.3) is 0 Å². The highest BCUT2D eigenvalue weighted by Crippen LogP contribution is 2.41. The first kappa shape index (κ1) is 16.6. The highest BCUT2D eigenvalue weighted by atomic mass is 35.5. The maximum absolute atomic E-state index is 6.11. The van der Waals surface area contributed by atoms with Crippen molar-refractivity contribution in [2.75, 3.05) is 18.0 Å². The first-order valence-electron chi connectivity index (χ1n) is 8.49.